The van der Waals surface area contributed by atoms with Crippen molar-refractivity contribution in [2.45, 2.75) is 26.2 Å². The molecule has 0 saturated carbocycles. The molecule has 0 spiro atoms. The van der Waals surface area contributed by atoms with E-state index in [0.717, 1.165) is 5.56 Å². The standard InChI is InChI=1S/C25H27N5O4/c1-17-7-9-18(10-8-17)22-15-30-20(16-34-22)23(26-27-30)25(32)29-13-11-28(12-14-29)24(31)19-5-3-4-6-21(19)33-2/h3-10,22H,11-16H2,1-2H3/t22-/m0/s1. The second kappa shape index (κ2) is 9.26. The van der Waals surface area contributed by atoms with E-state index in [1.807, 2.05) is 19.1 Å². The predicted octanol–water partition coefficient (Wildman–Crippen LogP) is 2.46. The Morgan fingerprint density at radius 1 is 0.971 bits per heavy atom. The summed E-state index contributed by atoms with van der Waals surface area (Å²) in [7, 11) is 1.55. The van der Waals surface area contributed by atoms with Crippen LogP contribution in [0.15, 0.2) is 48.5 Å². The molecule has 9 nitrogen and oxygen atoms in total. The largest absolute Gasteiger partial charge is 0.496 e. The molecular formula is C25H27N5O4. The average Bonchev–Trinajstić information content (AvgIpc) is 3.31. The monoisotopic (exact) mass is 461 g/mol. The van der Waals surface area contributed by atoms with Crippen LogP contribution in [-0.4, -0.2) is 69.9 Å². The summed E-state index contributed by atoms with van der Waals surface area (Å²) in [4.78, 5) is 29.6. The fourth-order valence-electron chi connectivity index (χ4n) is 4.41. The number of carbonyl (C=O) groups is 2. The summed E-state index contributed by atoms with van der Waals surface area (Å²) in [5, 5.41) is 8.41. The van der Waals surface area contributed by atoms with E-state index in [0.29, 0.717) is 55.4 Å². The third-order valence-electron chi connectivity index (χ3n) is 6.44. The van der Waals surface area contributed by atoms with Crippen molar-refractivity contribution in [1.82, 2.24) is 24.8 Å². The number of ether oxygens (including phenoxy) is 2. The topological polar surface area (TPSA) is 89.8 Å². The molecule has 1 aromatic heterocycles. The maximum absolute atomic E-state index is 13.2. The van der Waals surface area contributed by atoms with Gasteiger partial charge in [-0.15, -0.1) is 5.10 Å². The lowest BCUT2D eigenvalue weighted by Crippen LogP contribution is -2.50. The minimum Gasteiger partial charge on any atom is -0.496 e. The summed E-state index contributed by atoms with van der Waals surface area (Å²) < 4.78 is 13.1. The molecule has 0 unspecified atom stereocenters. The number of benzene rings is 2. The summed E-state index contributed by atoms with van der Waals surface area (Å²) in [6.45, 7) is 4.58. The molecule has 2 aromatic carbocycles. The van der Waals surface area contributed by atoms with Crippen molar-refractivity contribution in [3.05, 3.63) is 76.6 Å². The third-order valence-corrected chi connectivity index (χ3v) is 6.44. The van der Waals surface area contributed by atoms with Gasteiger partial charge in [-0.2, -0.15) is 0 Å². The lowest BCUT2D eigenvalue weighted by atomic mass is 10.1. The molecular weight excluding hydrogens is 434 g/mol. The van der Waals surface area contributed by atoms with Gasteiger partial charge in [-0.1, -0.05) is 47.2 Å². The van der Waals surface area contributed by atoms with Crippen LogP contribution in [0.25, 0.3) is 0 Å². The van der Waals surface area contributed by atoms with Gasteiger partial charge in [0.15, 0.2) is 5.69 Å². The van der Waals surface area contributed by atoms with Crippen LogP contribution in [0.1, 0.15) is 43.8 Å². The van der Waals surface area contributed by atoms with Gasteiger partial charge in [0.25, 0.3) is 11.8 Å². The number of aryl methyl sites for hydroxylation is 1. The highest BCUT2D eigenvalue weighted by atomic mass is 16.5. The van der Waals surface area contributed by atoms with Gasteiger partial charge in [0.1, 0.15) is 11.9 Å². The van der Waals surface area contributed by atoms with Gasteiger partial charge in [0.2, 0.25) is 0 Å². The molecule has 176 valence electrons. The molecule has 2 amide bonds. The second-order valence-electron chi connectivity index (χ2n) is 8.56. The summed E-state index contributed by atoms with van der Waals surface area (Å²) in [6, 6.07) is 15.4. The Kier molecular flexibility index (Phi) is 6.02. The van der Waals surface area contributed by atoms with Gasteiger partial charge < -0.3 is 19.3 Å². The average molecular weight is 462 g/mol. The highest BCUT2D eigenvalue weighted by Crippen LogP contribution is 2.28. The first-order valence-corrected chi connectivity index (χ1v) is 11.4. The lowest BCUT2D eigenvalue weighted by Gasteiger charge is -2.34. The minimum atomic E-state index is -0.178. The van der Waals surface area contributed by atoms with Crippen LogP contribution < -0.4 is 4.74 Å². The Balaban J connectivity index is 1.23. The Hall–Kier alpha value is -3.72. The molecule has 9 heteroatoms. The molecule has 5 rings (SSSR count). The first kappa shape index (κ1) is 22.1. The minimum absolute atomic E-state index is 0.0962. The van der Waals surface area contributed by atoms with Gasteiger partial charge in [0, 0.05) is 26.2 Å². The van der Waals surface area contributed by atoms with E-state index in [2.05, 4.69) is 34.6 Å². The van der Waals surface area contributed by atoms with E-state index in [-0.39, 0.29) is 24.5 Å². The molecule has 0 aliphatic carbocycles. The molecule has 1 saturated heterocycles. The molecule has 2 aliphatic heterocycles. The van der Waals surface area contributed by atoms with Crippen LogP contribution in [0.2, 0.25) is 0 Å². The first-order chi connectivity index (χ1) is 16.5. The van der Waals surface area contributed by atoms with Crippen LogP contribution in [0.4, 0.5) is 0 Å². The molecule has 0 bridgehead atoms. The fourth-order valence-corrected chi connectivity index (χ4v) is 4.41. The number of fused-ring (bicyclic) bond motifs is 1. The predicted molar refractivity (Wildman–Crippen MR) is 124 cm³/mol. The van der Waals surface area contributed by atoms with Gasteiger partial charge in [-0.3, -0.25) is 9.59 Å². The Morgan fingerprint density at radius 3 is 2.35 bits per heavy atom. The number of methoxy groups -OCH3 is 1. The lowest BCUT2D eigenvalue weighted by molar-refractivity contribution is -0.00203. The number of nitrogens with zero attached hydrogens (tertiary/aromatic N) is 5. The number of hydrogen-bond acceptors (Lipinski definition) is 6. The molecule has 1 fully saturated rings. The Morgan fingerprint density at radius 2 is 1.65 bits per heavy atom. The van der Waals surface area contributed by atoms with E-state index in [4.69, 9.17) is 9.47 Å². The molecule has 0 radical (unpaired) electrons. The van der Waals surface area contributed by atoms with E-state index in [9.17, 15) is 9.59 Å². The van der Waals surface area contributed by atoms with Crippen LogP contribution in [0.5, 0.6) is 5.75 Å². The highest BCUT2D eigenvalue weighted by Gasteiger charge is 2.32. The van der Waals surface area contributed by atoms with Crippen molar-refractivity contribution in [3.8, 4) is 5.75 Å². The molecule has 1 atom stereocenters. The van der Waals surface area contributed by atoms with E-state index in [1.165, 1.54) is 5.56 Å². The second-order valence-corrected chi connectivity index (χ2v) is 8.56. The molecule has 3 aromatic rings. The van der Waals surface area contributed by atoms with Gasteiger partial charge in [-0.05, 0) is 24.6 Å². The summed E-state index contributed by atoms with van der Waals surface area (Å²) in [6.07, 6.45) is -0.123. The Bertz CT molecular complexity index is 1200. The maximum atomic E-state index is 13.2. The van der Waals surface area contributed by atoms with E-state index in [1.54, 1.807) is 33.7 Å². The summed E-state index contributed by atoms with van der Waals surface area (Å²) >= 11 is 0. The SMILES string of the molecule is COc1ccccc1C(=O)N1CCN(C(=O)c2nnn3c2CO[C@H](c2ccc(C)cc2)C3)CC1. The number of para-hydroxylation sites is 1. The third kappa shape index (κ3) is 4.14. The van der Waals surface area contributed by atoms with Crippen LogP contribution in [0, 0.1) is 6.92 Å². The highest BCUT2D eigenvalue weighted by molar-refractivity contribution is 5.97. The van der Waals surface area contributed by atoms with E-state index < -0.39 is 0 Å². The maximum Gasteiger partial charge on any atom is 0.276 e. The van der Waals surface area contributed by atoms with Gasteiger partial charge in [-0.25, -0.2) is 4.68 Å². The van der Waals surface area contributed by atoms with Gasteiger partial charge in [0.05, 0.1) is 31.5 Å². The van der Waals surface area contributed by atoms with Crippen molar-refractivity contribution in [2.24, 2.45) is 0 Å². The number of hydrogen-bond donors (Lipinski definition) is 0. The number of aromatic nitrogens is 3. The van der Waals surface area contributed by atoms with Gasteiger partial charge >= 0.3 is 0 Å². The van der Waals surface area contributed by atoms with E-state index >= 15 is 0 Å². The van der Waals surface area contributed by atoms with Crippen LogP contribution in [-0.2, 0) is 17.9 Å². The molecule has 2 aliphatic rings. The number of carbonyl (C=O) groups excluding carboxylic acids is 2. The smallest absolute Gasteiger partial charge is 0.276 e. The Labute approximate surface area is 197 Å². The van der Waals surface area contributed by atoms with Crippen LogP contribution in [0.3, 0.4) is 0 Å². The van der Waals surface area contributed by atoms with Crippen molar-refractivity contribution in [2.75, 3.05) is 33.3 Å². The quantitative estimate of drug-likeness (QED) is 0.593. The number of piperazine rings is 1. The normalized spacial score (nSPS) is 17.9. The zero-order chi connectivity index (χ0) is 23.7. The fraction of sp³-hybridized carbons (Fsp3) is 0.360. The number of rotatable bonds is 4. The summed E-state index contributed by atoms with van der Waals surface area (Å²) in [5.41, 5.74) is 3.82. The van der Waals surface area contributed by atoms with Crippen molar-refractivity contribution < 1.29 is 19.1 Å². The van der Waals surface area contributed by atoms with Crippen molar-refractivity contribution in [3.63, 3.8) is 0 Å². The van der Waals surface area contributed by atoms with Crippen LogP contribution >= 0.6 is 0 Å². The number of amides is 2. The van der Waals surface area contributed by atoms with Crippen molar-refractivity contribution >= 4 is 11.8 Å². The van der Waals surface area contributed by atoms with Crippen molar-refractivity contribution in [1.29, 1.82) is 0 Å². The molecule has 3 heterocycles. The first-order valence-electron chi connectivity index (χ1n) is 11.4. The zero-order valence-electron chi connectivity index (χ0n) is 19.3. The molecule has 0 N–H and O–H groups in total. The molecule has 34 heavy (non-hydrogen) atoms. The summed E-state index contributed by atoms with van der Waals surface area (Å²) in [5.74, 6) is 0.273. The zero-order valence-corrected chi connectivity index (χ0v) is 19.3.